The van der Waals surface area contributed by atoms with E-state index in [-0.39, 0.29) is 5.91 Å². The molecule has 0 spiro atoms. The molecule has 2 aromatic carbocycles. The number of hydrogen-bond donors (Lipinski definition) is 1. The van der Waals surface area contributed by atoms with Crippen LogP contribution in [0.2, 0.25) is 0 Å². The van der Waals surface area contributed by atoms with E-state index in [9.17, 15) is 4.79 Å². The summed E-state index contributed by atoms with van der Waals surface area (Å²) in [4.78, 5) is 12.9. The van der Waals surface area contributed by atoms with E-state index in [1.54, 1.807) is 4.68 Å². The van der Waals surface area contributed by atoms with Gasteiger partial charge in [-0.15, -0.1) is 0 Å². The first-order valence-electron chi connectivity index (χ1n) is 10.3. The largest absolute Gasteiger partial charge is 0.351 e. The van der Waals surface area contributed by atoms with Gasteiger partial charge in [-0.25, -0.2) is 4.68 Å². The Morgan fingerprint density at radius 3 is 2.66 bits per heavy atom. The molecule has 2 heterocycles. The van der Waals surface area contributed by atoms with Crippen molar-refractivity contribution in [3.8, 4) is 5.69 Å². The fraction of sp³-hybridized carbons (Fsp3) is 0.250. The van der Waals surface area contributed by atoms with Crippen LogP contribution in [0.15, 0.2) is 72.9 Å². The first-order chi connectivity index (χ1) is 14.3. The van der Waals surface area contributed by atoms with Crippen molar-refractivity contribution in [2.75, 3.05) is 6.54 Å². The fourth-order valence-electron chi connectivity index (χ4n) is 3.78. The maximum Gasteiger partial charge on any atom is 0.270 e. The van der Waals surface area contributed by atoms with Crippen LogP contribution in [0, 0.1) is 0 Å². The van der Waals surface area contributed by atoms with Gasteiger partial charge in [0, 0.05) is 30.7 Å². The number of amides is 1. The minimum absolute atomic E-state index is 0.0642. The highest BCUT2D eigenvalue weighted by Gasteiger charge is 2.28. The number of fused-ring (bicyclic) bond motifs is 1. The summed E-state index contributed by atoms with van der Waals surface area (Å²) in [6.45, 7) is 1.50. The molecule has 1 fully saturated rings. The van der Waals surface area contributed by atoms with Crippen LogP contribution in [0.4, 0.5) is 0 Å². The van der Waals surface area contributed by atoms with Crippen molar-refractivity contribution in [3.63, 3.8) is 0 Å². The molecule has 0 radical (unpaired) electrons. The molecule has 29 heavy (non-hydrogen) atoms. The second-order valence-electron chi connectivity index (χ2n) is 7.65. The Morgan fingerprint density at radius 2 is 1.83 bits per heavy atom. The lowest BCUT2D eigenvalue weighted by molar-refractivity contribution is 0.0945. The van der Waals surface area contributed by atoms with Gasteiger partial charge in [-0.3, -0.25) is 4.79 Å². The number of carbonyl (C=O) groups is 1. The van der Waals surface area contributed by atoms with Crippen molar-refractivity contribution >= 4 is 16.8 Å². The van der Waals surface area contributed by atoms with Gasteiger partial charge in [0.05, 0.1) is 11.4 Å². The maximum absolute atomic E-state index is 12.9. The Morgan fingerprint density at radius 1 is 1.03 bits per heavy atom. The molecule has 0 saturated heterocycles. The van der Waals surface area contributed by atoms with Crippen molar-refractivity contribution in [2.24, 2.45) is 0 Å². The van der Waals surface area contributed by atoms with E-state index in [4.69, 9.17) is 5.10 Å². The number of carbonyl (C=O) groups excluding carboxylic acids is 1. The molecule has 1 aliphatic rings. The van der Waals surface area contributed by atoms with Crippen molar-refractivity contribution in [1.82, 2.24) is 19.7 Å². The second kappa shape index (κ2) is 7.59. The van der Waals surface area contributed by atoms with E-state index in [0.29, 0.717) is 18.2 Å². The molecule has 0 bridgehead atoms. The van der Waals surface area contributed by atoms with Crippen LogP contribution in [-0.2, 0) is 6.54 Å². The molecule has 1 amide bonds. The van der Waals surface area contributed by atoms with Crippen molar-refractivity contribution in [2.45, 2.75) is 31.7 Å². The highest BCUT2D eigenvalue weighted by atomic mass is 16.2. The fourth-order valence-corrected chi connectivity index (χ4v) is 3.78. The number of nitrogens with zero attached hydrogens (tertiary/aromatic N) is 3. The molecule has 1 saturated carbocycles. The first kappa shape index (κ1) is 17.7. The SMILES string of the molecule is O=C(NCCCn1ccc2ccccc21)c1cc(C2CC2)nn1-c1ccccc1. The molecule has 2 aromatic heterocycles. The van der Waals surface area contributed by atoms with Gasteiger partial charge in [0.2, 0.25) is 0 Å². The summed E-state index contributed by atoms with van der Waals surface area (Å²) in [5.74, 6) is 0.444. The van der Waals surface area contributed by atoms with Gasteiger partial charge in [-0.2, -0.15) is 5.10 Å². The molecular formula is C24H24N4O. The monoisotopic (exact) mass is 384 g/mol. The van der Waals surface area contributed by atoms with Crippen LogP contribution >= 0.6 is 0 Å². The minimum atomic E-state index is -0.0642. The lowest BCUT2D eigenvalue weighted by atomic mass is 10.2. The first-order valence-corrected chi connectivity index (χ1v) is 10.3. The van der Waals surface area contributed by atoms with Gasteiger partial charge in [-0.05, 0) is 55.0 Å². The molecule has 0 aliphatic heterocycles. The molecule has 146 valence electrons. The predicted molar refractivity (Wildman–Crippen MR) is 114 cm³/mol. The molecule has 1 N–H and O–H groups in total. The lowest BCUT2D eigenvalue weighted by Crippen LogP contribution is -2.27. The average Bonchev–Trinajstić information content (AvgIpc) is 3.38. The van der Waals surface area contributed by atoms with Crippen LogP contribution in [-0.4, -0.2) is 26.8 Å². The number of aryl methyl sites for hydroxylation is 1. The summed E-state index contributed by atoms with van der Waals surface area (Å²) in [5.41, 5.74) is 3.79. The third-order valence-corrected chi connectivity index (χ3v) is 5.50. The Labute approximate surface area is 170 Å². The van der Waals surface area contributed by atoms with Crippen LogP contribution in [0.1, 0.15) is 41.4 Å². The summed E-state index contributed by atoms with van der Waals surface area (Å²) >= 11 is 0. The van der Waals surface area contributed by atoms with Gasteiger partial charge in [0.1, 0.15) is 5.69 Å². The zero-order valence-electron chi connectivity index (χ0n) is 16.3. The summed E-state index contributed by atoms with van der Waals surface area (Å²) < 4.78 is 4.02. The smallest absolute Gasteiger partial charge is 0.270 e. The quantitative estimate of drug-likeness (QED) is 0.476. The van der Waals surface area contributed by atoms with Crippen LogP contribution < -0.4 is 5.32 Å². The zero-order chi connectivity index (χ0) is 19.6. The highest BCUT2D eigenvalue weighted by Crippen LogP contribution is 2.39. The molecule has 5 heteroatoms. The molecular weight excluding hydrogens is 360 g/mol. The summed E-state index contributed by atoms with van der Waals surface area (Å²) in [6.07, 6.45) is 5.31. The summed E-state index contributed by atoms with van der Waals surface area (Å²) in [5, 5.41) is 9.04. The van der Waals surface area contributed by atoms with Crippen molar-refractivity contribution in [3.05, 3.63) is 84.3 Å². The van der Waals surface area contributed by atoms with Crippen molar-refractivity contribution in [1.29, 1.82) is 0 Å². The normalized spacial score (nSPS) is 13.7. The Hall–Kier alpha value is -3.34. The standard InChI is InChI=1S/C24H24N4O/c29-24(25-14-6-15-27-16-13-19-7-4-5-10-22(19)27)23-17-21(18-11-12-18)26-28(23)20-8-2-1-3-9-20/h1-5,7-10,13,16-18H,6,11-12,14-15H2,(H,25,29). The third kappa shape index (κ3) is 3.68. The third-order valence-electron chi connectivity index (χ3n) is 5.50. The van der Waals surface area contributed by atoms with Crippen molar-refractivity contribution < 1.29 is 4.79 Å². The van der Waals surface area contributed by atoms with E-state index in [0.717, 1.165) is 37.2 Å². The predicted octanol–water partition coefficient (Wildman–Crippen LogP) is 4.52. The topological polar surface area (TPSA) is 51.9 Å². The molecule has 0 unspecified atom stereocenters. The van der Waals surface area contributed by atoms with E-state index in [1.165, 1.54) is 10.9 Å². The average molecular weight is 384 g/mol. The zero-order valence-corrected chi connectivity index (χ0v) is 16.3. The van der Waals surface area contributed by atoms with E-state index in [1.807, 2.05) is 36.4 Å². The van der Waals surface area contributed by atoms with E-state index in [2.05, 4.69) is 46.4 Å². The molecule has 5 rings (SSSR count). The van der Waals surface area contributed by atoms with Gasteiger partial charge < -0.3 is 9.88 Å². The summed E-state index contributed by atoms with van der Waals surface area (Å²) in [6, 6.07) is 22.3. The second-order valence-corrected chi connectivity index (χ2v) is 7.65. The van der Waals surface area contributed by atoms with E-state index < -0.39 is 0 Å². The number of rotatable bonds is 7. The van der Waals surface area contributed by atoms with Gasteiger partial charge in [-0.1, -0.05) is 36.4 Å². The Bertz CT molecular complexity index is 1140. The molecule has 5 nitrogen and oxygen atoms in total. The Kier molecular flexibility index (Phi) is 4.64. The van der Waals surface area contributed by atoms with Crippen LogP contribution in [0.25, 0.3) is 16.6 Å². The van der Waals surface area contributed by atoms with E-state index >= 15 is 0 Å². The van der Waals surface area contributed by atoms with Gasteiger partial charge in [0.15, 0.2) is 0 Å². The van der Waals surface area contributed by atoms with Gasteiger partial charge in [0.25, 0.3) is 5.91 Å². The van der Waals surface area contributed by atoms with Gasteiger partial charge >= 0.3 is 0 Å². The lowest BCUT2D eigenvalue weighted by Gasteiger charge is -2.09. The number of benzene rings is 2. The molecule has 1 aliphatic carbocycles. The highest BCUT2D eigenvalue weighted by molar-refractivity contribution is 5.93. The molecule has 4 aromatic rings. The minimum Gasteiger partial charge on any atom is -0.351 e. The van der Waals surface area contributed by atoms with Crippen LogP contribution in [0.5, 0.6) is 0 Å². The summed E-state index contributed by atoms with van der Waals surface area (Å²) in [7, 11) is 0. The number of hydrogen-bond acceptors (Lipinski definition) is 2. The number of para-hydroxylation sites is 2. The number of nitrogens with one attached hydrogen (secondary N) is 1. The Balaban J connectivity index is 1.26. The van der Waals surface area contributed by atoms with Crippen LogP contribution in [0.3, 0.4) is 0 Å². The maximum atomic E-state index is 12.9. The number of aromatic nitrogens is 3. The molecule has 0 atom stereocenters.